The molecule has 1 aromatic heterocycles. The average Bonchev–Trinajstić information content (AvgIpc) is 3.25. The Morgan fingerprint density at radius 1 is 1.19 bits per heavy atom. The van der Waals surface area contributed by atoms with Gasteiger partial charge in [-0.05, 0) is 43.1 Å². The lowest BCUT2D eigenvalue weighted by atomic mass is 9.89. The van der Waals surface area contributed by atoms with E-state index in [-0.39, 0.29) is 16.9 Å². The number of benzene rings is 2. The molecule has 7 heteroatoms. The molecule has 142 valence electrons. The molecule has 0 aliphatic carbocycles. The molecule has 0 radical (unpaired) electrons. The second-order valence-electron chi connectivity index (χ2n) is 6.99. The number of hydrogen-bond donors (Lipinski definition) is 1. The molecule has 3 aromatic rings. The predicted molar refractivity (Wildman–Crippen MR) is 101 cm³/mol. The Labute approximate surface area is 157 Å². The highest BCUT2D eigenvalue weighted by molar-refractivity contribution is 7.89. The first-order valence-electron chi connectivity index (χ1n) is 8.85. The largest absolute Gasteiger partial charge is 0.443 e. The summed E-state index contributed by atoms with van der Waals surface area (Å²) in [4.78, 5) is 0. The summed E-state index contributed by atoms with van der Waals surface area (Å²) in [6.07, 6.45) is 0. The first-order chi connectivity index (χ1) is 12.9. The Morgan fingerprint density at radius 2 is 1.93 bits per heavy atom. The zero-order valence-electron chi connectivity index (χ0n) is 14.9. The van der Waals surface area contributed by atoms with Gasteiger partial charge in [0.05, 0.1) is 0 Å². The fourth-order valence-corrected chi connectivity index (χ4v) is 5.55. The van der Waals surface area contributed by atoms with Crippen molar-refractivity contribution in [1.29, 1.82) is 0 Å². The summed E-state index contributed by atoms with van der Waals surface area (Å²) in [5.74, 6) is -0.360. The molecule has 2 heterocycles. The van der Waals surface area contributed by atoms with Crippen LogP contribution in [0.2, 0.25) is 0 Å². The SMILES string of the molecule is Cc1c(S(=O)(=O)N2C[C@@H](CN)[C@H](c3ccccc3)C2)oc2ccc(F)cc12. The van der Waals surface area contributed by atoms with E-state index in [0.717, 1.165) is 5.56 Å². The zero-order chi connectivity index (χ0) is 19.2. The van der Waals surface area contributed by atoms with Crippen molar-refractivity contribution in [2.24, 2.45) is 11.7 Å². The molecule has 0 unspecified atom stereocenters. The standard InChI is InChI=1S/C20H21FN2O3S/c1-13-17-9-16(21)7-8-19(17)26-20(13)27(24,25)23-11-15(10-22)18(12-23)14-5-3-2-4-6-14/h2-9,15,18H,10-12,22H2,1H3/t15-,18+/m1/s1. The van der Waals surface area contributed by atoms with Crippen LogP contribution in [0.5, 0.6) is 0 Å². The quantitative estimate of drug-likeness (QED) is 0.744. The zero-order valence-corrected chi connectivity index (χ0v) is 15.7. The van der Waals surface area contributed by atoms with Crippen molar-refractivity contribution in [3.63, 3.8) is 0 Å². The molecule has 1 aliphatic heterocycles. The summed E-state index contributed by atoms with van der Waals surface area (Å²) in [6.45, 7) is 2.72. The summed E-state index contributed by atoms with van der Waals surface area (Å²) in [7, 11) is -3.84. The van der Waals surface area contributed by atoms with Crippen LogP contribution in [0.4, 0.5) is 4.39 Å². The molecular weight excluding hydrogens is 367 g/mol. The molecule has 1 saturated heterocycles. The van der Waals surface area contributed by atoms with E-state index in [1.54, 1.807) is 6.92 Å². The van der Waals surface area contributed by atoms with Crippen LogP contribution >= 0.6 is 0 Å². The molecule has 4 rings (SSSR count). The van der Waals surface area contributed by atoms with E-state index >= 15 is 0 Å². The summed E-state index contributed by atoms with van der Waals surface area (Å²) in [5.41, 5.74) is 7.80. The lowest BCUT2D eigenvalue weighted by Crippen LogP contribution is -2.30. The van der Waals surface area contributed by atoms with Crippen LogP contribution in [-0.4, -0.2) is 32.4 Å². The minimum atomic E-state index is -3.84. The Balaban J connectivity index is 1.72. The third-order valence-corrected chi connectivity index (χ3v) is 7.20. The second kappa shape index (κ2) is 6.74. The minimum absolute atomic E-state index is 0.0318. The number of aryl methyl sites for hydroxylation is 1. The Hall–Kier alpha value is -2.22. The van der Waals surface area contributed by atoms with Crippen molar-refractivity contribution in [3.05, 3.63) is 65.5 Å². The highest BCUT2D eigenvalue weighted by Gasteiger charge is 2.41. The van der Waals surface area contributed by atoms with Gasteiger partial charge in [0.15, 0.2) is 0 Å². The van der Waals surface area contributed by atoms with Gasteiger partial charge in [0.25, 0.3) is 10.0 Å². The molecule has 0 spiro atoms. The minimum Gasteiger partial charge on any atom is -0.443 e. The molecule has 0 amide bonds. The van der Waals surface area contributed by atoms with Crippen LogP contribution in [0, 0.1) is 18.7 Å². The molecule has 2 atom stereocenters. The Morgan fingerprint density at radius 3 is 2.63 bits per heavy atom. The third-order valence-electron chi connectivity index (χ3n) is 5.37. The molecule has 1 fully saturated rings. The molecule has 1 aliphatic rings. The van der Waals surface area contributed by atoms with Gasteiger partial charge in [-0.1, -0.05) is 30.3 Å². The molecule has 5 nitrogen and oxygen atoms in total. The van der Waals surface area contributed by atoms with Crippen molar-refractivity contribution < 1.29 is 17.2 Å². The van der Waals surface area contributed by atoms with Crippen LogP contribution in [0.1, 0.15) is 17.0 Å². The van der Waals surface area contributed by atoms with Crippen LogP contribution in [-0.2, 0) is 10.0 Å². The van der Waals surface area contributed by atoms with Crippen molar-refractivity contribution in [2.45, 2.75) is 17.9 Å². The number of sulfonamides is 1. The van der Waals surface area contributed by atoms with Crippen molar-refractivity contribution in [1.82, 2.24) is 4.31 Å². The summed E-state index contributed by atoms with van der Waals surface area (Å²) in [6, 6.07) is 13.8. The van der Waals surface area contributed by atoms with Crippen molar-refractivity contribution in [2.75, 3.05) is 19.6 Å². The van der Waals surface area contributed by atoms with Crippen LogP contribution in [0.3, 0.4) is 0 Å². The number of halogens is 1. The number of hydrogen-bond acceptors (Lipinski definition) is 4. The molecule has 2 N–H and O–H groups in total. The van der Waals surface area contributed by atoms with Gasteiger partial charge >= 0.3 is 0 Å². The van der Waals surface area contributed by atoms with E-state index in [2.05, 4.69) is 0 Å². The molecule has 0 bridgehead atoms. The molecular formula is C20H21FN2O3S. The normalized spacial score (nSPS) is 21.1. The molecule has 2 aromatic carbocycles. The first-order valence-corrected chi connectivity index (χ1v) is 10.3. The smallest absolute Gasteiger partial charge is 0.276 e. The maximum atomic E-state index is 13.5. The lowest BCUT2D eigenvalue weighted by molar-refractivity contribution is 0.417. The summed E-state index contributed by atoms with van der Waals surface area (Å²) in [5, 5.41) is 0.357. The fourth-order valence-electron chi connectivity index (χ4n) is 3.88. The lowest BCUT2D eigenvalue weighted by Gasteiger charge is -2.16. The highest BCUT2D eigenvalue weighted by atomic mass is 32.2. The number of nitrogens with zero attached hydrogens (tertiary/aromatic N) is 1. The number of rotatable bonds is 4. The van der Waals surface area contributed by atoms with Gasteiger partial charge in [0.2, 0.25) is 5.09 Å². The van der Waals surface area contributed by atoms with Gasteiger partial charge in [0, 0.05) is 30.0 Å². The fraction of sp³-hybridized carbons (Fsp3) is 0.300. The number of fused-ring (bicyclic) bond motifs is 1. The topological polar surface area (TPSA) is 76.5 Å². The van der Waals surface area contributed by atoms with Gasteiger partial charge in [-0.25, -0.2) is 12.8 Å². The average molecular weight is 388 g/mol. The van der Waals surface area contributed by atoms with E-state index in [1.165, 1.54) is 22.5 Å². The maximum absolute atomic E-state index is 13.5. The number of nitrogens with two attached hydrogens (primary N) is 1. The van der Waals surface area contributed by atoms with Crippen LogP contribution < -0.4 is 5.73 Å². The first kappa shape index (κ1) is 18.2. The Kier molecular flexibility index (Phi) is 4.53. The highest BCUT2D eigenvalue weighted by Crippen LogP contribution is 2.37. The van der Waals surface area contributed by atoms with Crippen molar-refractivity contribution >= 4 is 21.0 Å². The Bertz CT molecular complexity index is 1080. The van der Waals surface area contributed by atoms with E-state index in [1.807, 2.05) is 30.3 Å². The monoisotopic (exact) mass is 388 g/mol. The van der Waals surface area contributed by atoms with Gasteiger partial charge in [-0.2, -0.15) is 4.31 Å². The number of furan rings is 1. The predicted octanol–water partition coefficient (Wildman–Crippen LogP) is 3.24. The van der Waals surface area contributed by atoms with E-state index in [0.29, 0.717) is 36.2 Å². The van der Waals surface area contributed by atoms with Gasteiger partial charge in [-0.3, -0.25) is 0 Å². The van der Waals surface area contributed by atoms with Crippen LogP contribution in [0.15, 0.2) is 58.0 Å². The summed E-state index contributed by atoms with van der Waals surface area (Å²) < 4.78 is 47.1. The molecule has 27 heavy (non-hydrogen) atoms. The summed E-state index contributed by atoms with van der Waals surface area (Å²) >= 11 is 0. The van der Waals surface area contributed by atoms with E-state index in [4.69, 9.17) is 10.2 Å². The third kappa shape index (κ3) is 3.05. The molecule has 0 saturated carbocycles. The maximum Gasteiger partial charge on any atom is 0.276 e. The van der Waals surface area contributed by atoms with Gasteiger partial charge in [0.1, 0.15) is 11.4 Å². The van der Waals surface area contributed by atoms with E-state index in [9.17, 15) is 12.8 Å². The second-order valence-corrected chi connectivity index (χ2v) is 8.83. The van der Waals surface area contributed by atoms with Crippen molar-refractivity contribution in [3.8, 4) is 0 Å². The van der Waals surface area contributed by atoms with Gasteiger partial charge < -0.3 is 10.2 Å². The van der Waals surface area contributed by atoms with Gasteiger partial charge in [-0.15, -0.1) is 0 Å². The van der Waals surface area contributed by atoms with Crippen LogP contribution in [0.25, 0.3) is 11.0 Å². The van der Waals surface area contributed by atoms with E-state index < -0.39 is 15.8 Å².